The Hall–Kier alpha value is -2.69. The number of amides is 2. The van der Waals surface area contributed by atoms with Gasteiger partial charge in [0.25, 0.3) is 0 Å². The summed E-state index contributed by atoms with van der Waals surface area (Å²) in [5.41, 5.74) is 3.02. The van der Waals surface area contributed by atoms with Crippen LogP contribution in [0, 0.1) is 18.8 Å². The van der Waals surface area contributed by atoms with Crippen LogP contribution in [0.5, 0.6) is 0 Å². The fourth-order valence-corrected chi connectivity index (χ4v) is 3.04. The van der Waals surface area contributed by atoms with Gasteiger partial charge in [0.1, 0.15) is 0 Å². The van der Waals surface area contributed by atoms with Gasteiger partial charge < -0.3 is 10.2 Å². The Morgan fingerprint density at radius 3 is 2.64 bits per heavy atom. The number of pyridine rings is 1. The van der Waals surface area contributed by atoms with Gasteiger partial charge in [0.15, 0.2) is 0 Å². The average molecular weight is 337 g/mol. The second kappa shape index (κ2) is 7.47. The minimum atomic E-state index is -0.215. The highest BCUT2D eigenvalue weighted by Gasteiger charge is 2.49. The number of benzene rings is 1. The quantitative estimate of drug-likeness (QED) is 0.881. The Morgan fingerprint density at radius 2 is 1.96 bits per heavy atom. The lowest BCUT2D eigenvalue weighted by atomic mass is 10.2. The largest absolute Gasteiger partial charge is 0.352 e. The molecule has 5 nitrogen and oxygen atoms in total. The first-order valence-electron chi connectivity index (χ1n) is 8.64. The van der Waals surface area contributed by atoms with Crippen molar-refractivity contribution < 1.29 is 9.59 Å². The maximum Gasteiger partial charge on any atom is 0.230 e. The van der Waals surface area contributed by atoms with Crippen molar-refractivity contribution in [3.05, 3.63) is 59.9 Å². The van der Waals surface area contributed by atoms with Crippen LogP contribution in [-0.2, 0) is 16.1 Å². The molecule has 0 saturated heterocycles. The van der Waals surface area contributed by atoms with Gasteiger partial charge in [-0.1, -0.05) is 12.1 Å². The molecule has 3 rings (SSSR count). The summed E-state index contributed by atoms with van der Waals surface area (Å²) in [6.07, 6.45) is 4.03. The van der Waals surface area contributed by atoms with Gasteiger partial charge in [-0.15, -0.1) is 0 Å². The van der Waals surface area contributed by atoms with Gasteiger partial charge in [0.05, 0.1) is 11.8 Å². The molecule has 5 heteroatoms. The summed E-state index contributed by atoms with van der Waals surface area (Å²) in [6, 6.07) is 11.6. The van der Waals surface area contributed by atoms with Crippen molar-refractivity contribution in [1.29, 1.82) is 0 Å². The molecule has 1 aliphatic rings. The topological polar surface area (TPSA) is 62.3 Å². The Morgan fingerprint density at radius 1 is 1.20 bits per heavy atom. The van der Waals surface area contributed by atoms with E-state index in [1.165, 1.54) is 0 Å². The third-order valence-corrected chi connectivity index (χ3v) is 4.56. The average Bonchev–Trinajstić information content (AvgIpc) is 3.42. The van der Waals surface area contributed by atoms with Crippen LogP contribution in [0.4, 0.5) is 5.69 Å². The zero-order chi connectivity index (χ0) is 17.8. The Bertz CT molecular complexity index is 761. The summed E-state index contributed by atoms with van der Waals surface area (Å²) in [5, 5.41) is 2.91. The lowest BCUT2D eigenvalue weighted by Crippen LogP contribution is -2.34. The molecular weight excluding hydrogens is 314 g/mol. The molecule has 1 fully saturated rings. The third kappa shape index (κ3) is 4.05. The van der Waals surface area contributed by atoms with E-state index in [1.54, 1.807) is 17.3 Å². The maximum absolute atomic E-state index is 12.8. The molecule has 1 aromatic heterocycles. The van der Waals surface area contributed by atoms with E-state index in [4.69, 9.17) is 0 Å². The van der Waals surface area contributed by atoms with Gasteiger partial charge >= 0.3 is 0 Å². The van der Waals surface area contributed by atoms with E-state index in [2.05, 4.69) is 10.3 Å². The third-order valence-electron chi connectivity index (χ3n) is 4.56. The molecule has 25 heavy (non-hydrogen) atoms. The number of hydrogen-bond donors (Lipinski definition) is 1. The molecule has 2 unspecified atom stereocenters. The fraction of sp³-hybridized carbons (Fsp3) is 0.350. The molecule has 2 aromatic rings. The summed E-state index contributed by atoms with van der Waals surface area (Å²) >= 11 is 0. The molecular formula is C20H23N3O2. The van der Waals surface area contributed by atoms with E-state index in [0.717, 1.165) is 16.8 Å². The van der Waals surface area contributed by atoms with E-state index in [0.29, 0.717) is 19.5 Å². The van der Waals surface area contributed by atoms with Crippen molar-refractivity contribution in [2.75, 3.05) is 11.4 Å². The van der Waals surface area contributed by atoms with Gasteiger partial charge in [0.2, 0.25) is 11.8 Å². The highest BCUT2D eigenvalue weighted by atomic mass is 16.2. The number of aryl methyl sites for hydroxylation is 1. The van der Waals surface area contributed by atoms with E-state index in [-0.39, 0.29) is 23.7 Å². The van der Waals surface area contributed by atoms with E-state index in [9.17, 15) is 9.59 Å². The van der Waals surface area contributed by atoms with Crippen LogP contribution < -0.4 is 10.2 Å². The zero-order valence-electron chi connectivity index (χ0n) is 14.6. The van der Waals surface area contributed by atoms with Crippen molar-refractivity contribution in [3.8, 4) is 0 Å². The number of nitrogens with one attached hydrogen (secondary N) is 1. The Balaban J connectivity index is 1.58. The molecule has 0 bridgehead atoms. The SMILES string of the molecule is CCN(C(=O)C1CC1C(=O)NCc1ccncc1)c1cccc(C)c1. The summed E-state index contributed by atoms with van der Waals surface area (Å²) in [4.78, 5) is 30.8. The van der Waals surface area contributed by atoms with Crippen LogP contribution in [0.1, 0.15) is 24.5 Å². The summed E-state index contributed by atoms with van der Waals surface area (Å²) < 4.78 is 0. The predicted octanol–water partition coefficient (Wildman–Crippen LogP) is 2.70. The minimum Gasteiger partial charge on any atom is -0.352 e. The predicted molar refractivity (Wildman–Crippen MR) is 96.9 cm³/mol. The number of carbonyl (C=O) groups excluding carboxylic acids is 2. The second-order valence-electron chi connectivity index (χ2n) is 6.44. The monoisotopic (exact) mass is 337 g/mol. The second-order valence-corrected chi connectivity index (χ2v) is 6.44. The summed E-state index contributed by atoms with van der Waals surface area (Å²) in [6.45, 7) is 5.04. The van der Waals surface area contributed by atoms with Crippen molar-refractivity contribution in [3.63, 3.8) is 0 Å². The van der Waals surface area contributed by atoms with Crippen molar-refractivity contribution in [2.24, 2.45) is 11.8 Å². The maximum atomic E-state index is 12.8. The van der Waals surface area contributed by atoms with Gasteiger partial charge in [-0.05, 0) is 55.7 Å². The van der Waals surface area contributed by atoms with Crippen LogP contribution in [0.3, 0.4) is 0 Å². The highest BCUT2D eigenvalue weighted by molar-refractivity contribution is 6.01. The zero-order valence-corrected chi connectivity index (χ0v) is 14.6. The fourth-order valence-electron chi connectivity index (χ4n) is 3.04. The molecule has 1 aliphatic carbocycles. The van der Waals surface area contributed by atoms with E-state index < -0.39 is 0 Å². The number of hydrogen-bond acceptors (Lipinski definition) is 3. The lowest BCUT2D eigenvalue weighted by molar-refractivity contribution is -0.126. The smallest absolute Gasteiger partial charge is 0.230 e. The molecule has 2 amide bonds. The molecule has 1 saturated carbocycles. The van der Waals surface area contributed by atoms with E-state index >= 15 is 0 Å². The number of aromatic nitrogens is 1. The minimum absolute atomic E-state index is 0.0390. The number of anilines is 1. The lowest BCUT2D eigenvalue weighted by Gasteiger charge is -2.21. The standard InChI is InChI=1S/C20H23N3O2/c1-3-23(16-6-4-5-14(2)11-16)20(25)18-12-17(18)19(24)22-13-15-7-9-21-10-8-15/h4-11,17-18H,3,12-13H2,1-2H3,(H,22,24). The van der Waals surface area contributed by atoms with Crippen molar-refractivity contribution in [2.45, 2.75) is 26.8 Å². The van der Waals surface area contributed by atoms with Crippen LogP contribution in [0.25, 0.3) is 0 Å². The highest BCUT2D eigenvalue weighted by Crippen LogP contribution is 2.41. The normalized spacial score (nSPS) is 18.5. The molecule has 2 atom stereocenters. The summed E-state index contributed by atoms with van der Waals surface area (Å²) in [5.74, 6) is -0.432. The first kappa shape index (κ1) is 17.1. The first-order valence-corrected chi connectivity index (χ1v) is 8.64. The van der Waals surface area contributed by atoms with Crippen LogP contribution in [0.2, 0.25) is 0 Å². The number of rotatable bonds is 6. The van der Waals surface area contributed by atoms with Gasteiger partial charge in [-0.3, -0.25) is 14.6 Å². The Kier molecular flexibility index (Phi) is 5.12. The van der Waals surface area contributed by atoms with Crippen LogP contribution >= 0.6 is 0 Å². The van der Waals surface area contributed by atoms with E-state index in [1.807, 2.05) is 50.2 Å². The first-order chi connectivity index (χ1) is 12.1. The Labute approximate surface area is 148 Å². The molecule has 0 aliphatic heterocycles. The van der Waals surface area contributed by atoms with Crippen LogP contribution in [0.15, 0.2) is 48.8 Å². The van der Waals surface area contributed by atoms with Gasteiger partial charge in [-0.2, -0.15) is 0 Å². The number of nitrogens with zero attached hydrogens (tertiary/aromatic N) is 2. The number of carbonyl (C=O) groups is 2. The molecule has 1 heterocycles. The van der Waals surface area contributed by atoms with Crippen molar-refractivity contribution in [1.82, 2.24) is 10.3 Å². The van der Waals surface area contributed by atoms with Crippen LogP contribution in [-0.4, -0.2) is 23.3 Å². The molecule has 0 spiro atoms. The van der Waals surface area contributed by atoms with Gasteiger partial charge in [-0.25, -0.2) is 0 Å². The summed E-state index contributed by atoms with van der Waals surface area (Å²) in [7, 11) is 0. The molecule has 1 aromatic carbocycles. The molecule has 1 N–H and O–H groups in total. The van der Waals surface area contributed by atoms with Gasteiger partial charge in [0, 0.05) is 31.2 Å². The molecule has 130 valence electrons. The molecule has 0 radical (unpaired) electrons. The van der Waals surface area contributed by atoms with Crippen molar-refractivity contribution >= 4 is 17.5 Å².